The van der Waals surface area contributed by atoms with E-state index in [-0.39, 0.29) is 23.8 Å². The van der Waals surface area contributed by atoms with Gasteiger partial charge >= 0.3 is 11.9 Å². The molecule has 0 aliphatic rings. The Balaban J connectivity index is 5.21. The molecule has 0 aromatic heterocycles. The van der Waals surface area contributed by atoms with Crippen LogP contribution in [0.25, 0.3) is 0 Å². The van der Waals surface area contributed by atoms with Gasteiger partial charge in [-0.25, -0.2) is 9.59 Å². The van der Waals surface area contributed by atoms with Gasteiger partial charge in [0, 0.05) is 11.1 Å². The number of carbonyl (C=O) groups is 2. The predicted molar refractivity (Wildman–Crippen MR) is 153 cm³/mol. The van der Waals surface area contributed by atoms with E-state index < -0.39 is 0 Å². The van der Waals surface area contributed by atoms with Crippen LogP contribution in [0.4, 0.5) is 0 Å². The highest BCUT2D eigenvalue weighted by molar-refractivity contribution is 6.00. The molecule has 0 bridgehead atoms. The lowest BCUT2D eigenvalue weighted by atomic mass is 9.96. The summed E-state index contributed by atoms with van der Waals surface area (Å²) in [6, 6.07) is 0. The lowest BCUT2D eigenvalue weighted by Crippen LogP contribution is -2.20. The molecule has 0 spiro atoms. The van der Waals surface area contributed by atoms with Gasteiger partial charge in [-0.1, -0.05) is 131 Å². The predicted octanol–water partition coefficient (Wildman–Crippen LogP) is 9.74. The van der Waals surface area contributed by atoms with Gasteiger partial charge in [0.15, 0.2) is 0 Å². The first-order chi connectivity index (χ1) is 17.3. The molecule has 36 heavy (non-hydrogen) atoms. The molecule has 0 fully saturated rings. The minimum Gasteiger partial charge on any atom is -0.462 e. The van der Waals surface area contributed by atoms with Crippen LogP contribution in [0.1, 0.15) is 157 Å². The third kappa shape index (κ3) is 19.8. The Hall–Kier alpha value is -1.32. The van der Waals surface area contributed by atoms with E-state index in [9.17, 15) is 9.59 Å². The SMILES string of the molecule is CCCCCCCCCCC(C(=O)OCC(C)C)=C(CCCCCCCCCC)C(=O)OCC(C)C. The van der Waals surface area contributed by atoms with Crippen LogP contribution in [0, 0.1) is 11.8 Å². The van der Waals surface area contributed by atoms with Gasteiger partial charge in [0.05, 0.1) is 13.2 Å². The minimum atomic E-state index is -0.317. The van der Waals surface area contributed by atoms with Crippen molar-refractivity contribution in [3.8, 4) is 0 Å². The maximum Gasteiger partial charge on any atom is 0.334 e. The lowest BCUT2D eigenvalue weighted by Gasteiger charge is -2.16. The van der Waals surface area contributed by atoms with Crippen LogP contribution >= 0.6 is 0 Å². The Morgan fingerprint density at radius 1 is 0.472 bits per heavy atom. The molecule has 0 aliphatic carbocycles. The standard InChI is InChI=1S/C32H60O4/c1-7-9-11-13-15-17-19-21-23-29(31(33)35-25-27(3)4)30(32(34)36-26-28(5)6)24-22-20-18-16-14-12-10-8-2/h27-28H,7-26H2,1-6H3. The summed E-state index contributed by atoms with van der Waals surface area (Å²) in [6.45, 7) is 13.4. The van der Waals surface area contributed by atoms with Crippen molar-refractivity contribution in [2.75, 3.05) is 13.2 Å². The topological polar surface area (TPSA) is 52.6 Å². The van der Waals surface area contributed by atoms with E-state index >= 15 is 0 Å². The molecule has 0 aromatic carbocycles. The number of rotatable bonds is 24. The van der Waals surface area contributed by atoms with E-state index in [4.69, 9.17) is 9.47 Å². The van der Waals surface area contributed by atoms with Gasteiger partial charge in [-0.05, 0) is 37.5 Å². The molecule has 0 amide bonds. The fourth-order valence-corrected chi connectivity index (χ4v) is 4.28. The van der Waals surface area contributed by atoms with Gasteiger partial charge in [0.1, 0.15) is 0 Å². The zero-order valence-corrected chi connectivity index (χ0v) is 24.9. The largest absolute Gasteiger partial charge is 0.462 e. The molecule has 0 N–H and O–H groups in total. The second kappa shape index (κ2) is 24.0. The highest BCUT2D eigenvalue weighted by Crippen LogP contribution is 2.24. The zero-order chi connectivity index (χ0) is 27.0. The van der Waals surface area contributed by atoms with Crippen molar-refractivity contribution in [2.24, 2.45) is 11.8 Å². The van der Waals surface area contributed by atoms with Crippen molar-refractivity contribution in [1.82, 2.24) is 0 Å². The summed E-state index contributed by atoms with van der Waals surface area (Å²) in [7, 11) is 0. The van der Waals surface area contributed by atoms with Crippen molar-refractivity contribution in [3.63, 3.8) is 0 Å². The second-order valence-corrected chi connectivity index (χ2v) is 11.4. The summed E-state index contributed by atoms with van der Waals surface area (Å²) in [4.78, 5) is 26.2. The first-order valence-electron chi connectivity index (χ1n) is 15.4. The van der Waals surface area contributed by atoms with Gasteiger partial charge in [-0.3, -0.25) is 0 Å². The highest BCUT2D eigenvalue weighted by Gasteiger charge is 2.23. The van der Waals surface area contributed by atoms with Gasteiger partial charge in [0.25, 0.3) is 0 Å². The Labute approximate surface area is 224 Å². The van der Waals surface area contributed by atoms with Crippen molar-refractivity contribution in [3.05, 3.63) is 11.1 Å². The number of esters is 2. The highest BCUT2D eigenvalue weighted by atomic mass is 16.5. The molecule has 0 unspecified atom stereocenters. The molecule has 0 heterocycles. The molecule has 212 valence electrons. The zero-order valence-electron chi connectivity index (χ0n) is 24.9. The quantitative estimate of drug-likeness (QED) is 0.0739. The monoisotopic (exact) mass is 508 g/mol. The van der Waals surface area contributed by atoms with Crippen LogP contribution in [0.5, 0.6) is 0 Å². The first kappa shape index (κ1) is 34.7. The summed E-state index contributed by atoms with van der Waals surface area (Å²) in [6.07, 6.45) is 20.4. The molecule has 0 rings (SSSR count). The fraction of sp³-hybridized carbons (Fsp3) is 0.875. The van der Waals surface area contributed by atoms with Crippen molar-refractivity contribution in [1.29, 1.82) is 0 Å². The number of ether oxygens (including phenoxy) is 2. The van der Waals surface area contributed by atoms with Crippen LogP contribution in [-0.4, -0.2) is 25.2 Å². The van der Waals surface area contributed by atoms with E-state index in [2.05, 4.69) is 13.8 Å². The Kier molecular flexibility index (Phi) is 23.2. The van der Waals surface area contributed by atoms with Crippen molar-refractivity contribution >= 4 is 11.9 Å². The average molecular weight is 509 g/mol. The average Bonchev–Trinajstić information content (AvgIpc) is 2.84. The van der Waals surface area contributed by atoms with E-state index in [1.165, 1.54) is 77.0 Å². The van der Waals surface area contributed by atoms with Gasteiger partial charge < -0.3 is 9.47 Å². The minimum absolute atomic E-state index is 0.266. The molecular formula is C32H60O4. The maximum atomic E-state index is 13.1. The summed E-state index contributed by atoms with van der Waals surface area (Å²) < 4.78 is 11.2. The van der Waals surface area contributed by atoms with Crippen LogP contribution in [0.15, 0.2) is 11.1 Å². The van der Waals surface area contributed by atoms with Crippen LogP contribution in [0.3, 0.4) is 0 Å². The smallest absolute Gasteiger partial charge is 0.334 e. The van der Waals surface area contributed by atoms with Gasteiger partial charge in [-0.2, -0.15) is 0 Å². The van der Waals surface area contributed by atoms with E-state index in [0.717, 1.165) is 25.7 Å². The van der Waals surface area contributed by atoms with E-state index in [0.29, 0.717) is 37.2 Å². The molecule has 0 aromatic rings. The molecule has 0 saturated heterocycles. The van der Waals surface area contributed by atoms with Crippen LogP contribution in [-0.2, 0) is 19.1 Å². The molecule has 0 atom stereocenters. The molecule has 0 saturated carbocycles. The van der Waals surface area contributed by atoms with Crippen LogP contribution in [0.2, 0.25) is 0 Å². The van der Waals surface area contributed by atoms with E-state index in [1.54, 1.807) is 0 Å². The number of hydrogen-bond donors (Lipinski definition) is 0. The fourth-order valence-electron chi connectivity index (χ4n) is 4.28. The molecular weight excluding hydrogens is 448 g/mol. The maximum absolute atomic E-state index is 13.1. The molecule has 4 heteroatoms. The van der Waals surface area contributed by atoms with Crippen molar-refractivity contribution in [2.45, 2.75) is 157 Å². The summed E-state index contributed by atoms with van der Waals surface area (Å²) in [5, 5.41) is 0. The number of unbranched alkanes of at least 4 members (excludes halogenated alkanes) is 14. The first-order valence-corrected chi connectivity index (χ1v) is 15.4. The summed E-state index contributed by atoms with van der Waals surface area (Å²) >= 11 is 0. The van der Waals surface area contributed by atoms with Gasteiger partial charge in [0.2, 0.25) is 0 Å². The third-order valence-electron chi connectivity index (χ3n) is 6.51. The number of carbonyl (C=O) groups excluding carboxylic acids is 2. The van der Waals surface area contributed by atoms with E-state index in [1.807, 2.05) is 27.7 Å². The van der Waals surface area contributed by atoms with Gasteiger partial charge in [-0.15, -0.1) is 0 Å². The Bertz CT molecular complexity index is 527. The van der Waals surface area contributed by atoms with Crippen LogP contribution < -0.4 is 0 Å². The normalized spacial score (nSPS) is 12.2. The van der Waals surface area contributed by atoms with Crippen molar-refractivity contribution < 1.29 is 19.1 Å². The second-order valence-electron chi connectivity index (χ2n) is 11.4. The summed E-state index contributed by atoms with van der Waals surface area (Å²) in [5.74, 6) is -0.102. The Morgan fingerprint density at radius 3 is 1.03 bits per heavy atom. The molecule has 4 nitrogen and oxygen atoms in total. The summed E-state index contributed by atoms with van der Waals surface area (Å²) in [5.41, 5.74) is 1.14. The molecule has 0 aliphatic heterocycles. The third-order valence-corrected chi connectivity index (χ3v) is 6.51. The number of hydrogen-bond acceptors (Lipinski definition) is 4. The Morgan fingerprint density at radius 2 is 0.750 bits per heavy atom. The molecule has 0 radical (unpaired) electrons. The lowest BCUT2D eigenvalue weighted by molar-refractivity contribution is -0.143.